The first kappa shape index (κ1) is 82.7. The van der Waals surface area contributed by atoms with Crippen LogP contribution in [0.2, 0.25) is 0 Å². The fraction of sp³-hybridized carbons (Fsp3) is 0.300. The van der Waals surface area contributed by atoms with Gasteiger partial charge in [-0.25, -0.2) is 0 Å². The summed E-state index contributed by atoms with van der Waals surface area (Å²) in [6, 6.07) is 97.7. The minimum atomic E-state index is -0.367. The van der Waals surface area contributed by atoms with Crippen molar-refractivity contribution in [3.05, 3.63) is 299 Å². The van der Waals surface area contributed by atoms with Crippen molar-refractivity contribution in [2.45, 2.75) is 236 Å². The zero-order valence-electron chi connectivity index (χ0n) is 80.3. The molecule has 0 spiro atoms. The standard InChI is InChI=1S/C120H122BN5O2/c1-112(2,3)71-41-50-93-85(60-71)86-61-72(113(4,5)6)42-51-94(86)122(93)80-47-49-92-104(68-80)126(102-39-31-35-84-82-33-29-37-100(109(82)128-111(84)102)124-97-54-45-75(116(13,14)15)64-89(97)90-65-76(117(16,17)18)46-55-98(90)124)106-67-79(120(25,26)27)66-105-107(106)121(92)91-48-40-69(70-56-77(118(19,20)21)59-78(57-70)119(22,23)24)58-103(91)125(105)101-38-30-34-83-81-32-28-36-99(108(81)127-110(83)101)123-95-52-43-73(114(7,8)9)62-87(95)88-63-74(115(10,11)12)44-53-96(88)123/h28-68H,1-27H3. The third kappa shape index (κ3) is 13.0. The molecule has 7 heterocycles. The van der Waals surface area contributed by atoms with E-state index in [0.29, 0.717) is 0 Å². The first-order valence-corrected chi connectivity index (χ1v) is 46.6. The Labute approximate surface area is 756 Å². The lowest BCUT2D eigenvalue weighted by molar-refractivity contribution is 0.569. The van der Waals surface area contributed by atoms with Crippen molar-refractivity contribution in [2.75, 3.05) is 9.80 Å². The van der Waals surface area contributed by atoms with Gasteiger partial charge in [0.05, 0.1) is 55.8 Å². The summed E-state index contributed by atoms with van der Waals surface area (Å²) < 4.78 is 23.5. The molecule has 2 aliphatic heterocycles. The highest BCUT2D eigenvalue weighted by molar-refractivity contribution is 7.00. The maximum Gasteiger partial charge on any atom is 0.252 e. The van der Waals surface area contributed by atoms with E-state index in [1.807, 2.05) is 0 Å². The fourth-order valence-corrected chi connectivity index (χ4v) is 20.9. The lowest BCUT2D eigenvalue weighted by Gasteiger charge is -2.45. The molecule has 642 valence electrons. The summed E-state index contributed by atoms with van der Waals surface area (Å²) >= 11 is 0. The third-order valence-electron chi connectivity index (χ3n) is 28.6. The molecule has 8 heteroatoms. The van der Waals surface area contributed by atoms with Crippen LogP contribution in [0.3, 0.4) is 0 Å². The molecule has 0 atom stereocenters. The quantitative estimate of drug-likeness (QED) is 0.156. The molecular weight excluding hydrogens is 1550 g/mol. The van der Waals surface area contributed by atoms with Crippen LogP contribution in [0.1, 0.15) is 237 Å². The lowest BCUT2D eigenvalue weighted by atomic mass is 9.33. The Morgan fingerprint density at radius 1 is 0.195 bits per heavy atom. The Kier molecular flexibility index (Phi) is 17.9. The SMILES string of the molecule is CC(C)(C)c1cc(-c2ccc3c(c2)N(c2cccc4c2oc2c(-n5c6ccc(C(C)(C)C)cc6c6cc(C(C)(C)C)ccc65)cccc24)c2cc(C(C)(C)C)cc4c2B3c2ccc(-n3c5ccc(C(C)(C)C)cc5c5cc(C(C)(C)C)ccc53)cc2N4c2cccc3c2oc2c(-n4c5ccc(C(C)(C)C)cc5c5cc(C(C)(C)C)ccc54)cccc23)cc(C(C)(C)C)c1. The number of aromatic nitrogens is 3. The van der Waals surface area contributed by atoms with Gasteiger partial charge in [0, 0.05) is 82.3 Å². The number of rotatable bonds is 6. The average molecular weight is 1680 g/mol. The van der Waals surface area contributed by atoms with Crippen molar-refractivity contribution in [3.8, 4) is 28.2 Å². The average Bonchev–Trinajstić information content (AvgIpc) is 0.946. The highest BCUT2D eigenvalue weighted by Crippen LogP contribution is 2.54. The van der Waals surface area contributed by atoms with Crippen LogP contribution in [0.5, 0.6) is 0 Å². The molecule has 0 amide bonds. The number of hydrogen-bond acceptors (Lipinski definition) is 4. The number of fused-ring (bicyclic) bond motifs is 19. The highest BCUT2D eigenvalue weighted by atomic mass is 16.3. The van der Waals surface area contributed by atoms with Gasteiger partial charge in [-0.2, -0.15) is 0 Å². The maximum atomic E-state index is 8.03. The molecule has 2 aliphatic rings. The summed E-state index contributed by atoms with van der Waals surface area (Å²) in [4.78, 5) is 5.24. The van der Waals surface area contributed by atoms with Crippen molar-refractivity contribution in [1.82, 2.24) is 13.7 Å². The molecule has 0 fully saturated rings. The summed E-state index contributed by atoms with van der Waals surface area (Å²) in [6.45, 7) is 62.9. The lowest BCUT2D eigenvalue weighted by Crippen LogP contribution is -2.61. The first-order chi connectivity index (χ1) is 60.1. The summed E-state index contributed by atoms with van der Waals surface area (Å²) in [5.74, 6) is 0. The number of hydrogen-bond donors (Lipinski definition) is 0. The second-order valence-corrected chi connectivity index (χ2v) is 46.8. The number of para-hydroxylation sites is 4. The molecule has 0 unspecified atom stereocenters. The second kappa shape index (κ2) is 27.6. The summed E-state index contributed by atoms with van der Waals surface area (Å²) in [5, 5.41) is 11.7. The summed E-state index contributed by atoms with van der Waals surface area (Å²) in [6.07, 6.45) is 0. The Morgan fingerprint density at radius 3 is 0.781 bits per heavy atom. The second-order valence-electron chi connectivity index (χ2n) is 46.8. The van der Waals surface area contributed by atoms with E-state index in [1.54, 1.807) is 0 Å². The molecule has 0 radical (unpaired) electrons. The number of anilines is 6. The van der Waals surface area contributed by atoms with Crippen molar-refractivity contribution >= 4 is 167 Å². The van der Waals surface area contributed by atoms with E-state index in [4.69, 9.17) is 8.83 Å². The molecule has 0 N–H and O–H groups in total. The summed E-state index contributed by atoms with van der Waals surface area (Å²) in [5.41, 5.74) is 36.2. The van der Waals surface area contributed by atoms with Gasteiger partial charge in [0.2, 0.25) is 0 Å². The van der Waals surface area contributed by atoms with Crippen molar-refractivity contribution in [3.63, 3.8) is 0 Å². The Bertz CT molecular complexity index is 7700. The largest absolute Gasteiger partial charge is 0.452 e. The highest BCUT2D eigenvalue weighted by Gasteiger charge is 2.46. The van der Waals surface area contributed by atoms with Gasteiger partial charge >= 0.3 is 0 Å². The molecular formula is C120H122BN5O2. The van der Waals surface area contributed by atoms with Crippen molar-refractivity contribution in [2.24, 2.45) is 0 Å². The van der Waals surface area contributed by atoms with Gasteiger partial charge in [-0.3, -0.25) is 0 Å². The topological polar surface area (TPSA) is 47.6 Å². The van der Waals surface area contributed by atoms with Crippen molar-refractivity contribution in [1.29, 1.82) is 0 Å². The normalized spacial score (nSPS) is 14.0. The minimum absolute atomic E-state index is 0.0585. The predicted molar refractivity (Wildman–Crippen MR) is 552 cm³/mol. The van der Waals surface area contributed by atoms with Crippen LogP contribution in [0, 0.1) is 0 Å². The number of nitrogens with zero attached hydrogens (tertiary/aromatic N) is 5. The molecule has 128 heavy (non-hydrogen) atoms. The summed E-state index contributed by atoms with van der Waals surface area (Å²) in [7, 11) is 0. The third-order valence-corrected chi connectivity index (χ3v) is 28.6. The van der Waals surface area contributed by atoms with Gasteiger partial charge in [0.15, 0.2) is 22.3 Å². The Balaban J connectivity index is 0.869. The van der Waals surface area contributed by atoms with Crippen molar-refractivity contribution < 1.29 is 8.83 Å². The van der Waals surface area contributed by atoms with E-state index in [2.05, 4.69) is 459 Å². The Hall–Kier alpha value is -12.3. The zero-order chi connectivity index (χ0) is 90.2. The van der Waals surface area contributed by atoms with Crippen LogP contribution in [-0.4, -0.2) is 20.4 Å². The fourth-order valence-electron chi connectivity index (χ4n) is 20.9. The van der Waals surface area contributed by atoms with E-state index in [1.165, 1.54) is 115 Å². The van der Waals surface area contributed by atoms with Crippen LogP contribution in [0.4, 0.5) is 34.1 Å². The molecule has 0 saturated carbocycles. The minimum Gasteiger partial charge on any atom is -0.452 e. The molecule has 0 saturated heterocycles. The van der Waals surface area contributed by atoms with E-state index in [-0.39, 0.29) is 55.4 Å². The zero-order valence-corrected chi connectivity index (χ0v) is 80.3. The van der Waals surface area contributed by atoms with Gasteiger partial charge in [0.25, 0.3) is 6.71 Å². The van der Waals surface area contributed by atoms with Crippen LogP contribution < -0.4 is 26.2 Å². The monoisotopic (exact) mass is 1680 g/mol. The van der Waals surface area contributed by atoms with E-state index >= 15 is 0 Å². The molecule has 19 aromatic rings. The predicted octanol–water partition coefficient (Wildman–Crippen LogP) is 32.2. The molecule has 0 bridgehead atoms. The molecule has 14 aromatic carbocycles. The molecule has 0 aliphatic carbocycles. The molecule has 7 nitrogen and oxygen atoms in total. The number of furan rings is 2. The van der Waals surface area contributed by atoms with Gasteiger partial charge in [-0.05, 0) is 254 Å². The van der Waals surface area contributed by atoms with Gasteiger partial charge < -0.3 is 32.3 Å². The van der Waals surface area contributed by atoms with Crippen LogP contribution in [0.15, 0.2) is 258 Å². The number of benzene rings is 14. The molecule has 21 rings (SSSR count). The smallest absolute Gasteiger partial charge is 0.252 e. The van der Waals surface area contributed by atoms with Gasteiger partial charge in [-0.15, -0.1) is 0 Å². The Morgan fingerprint density at radius 2 is 0.469 bits per heavy atom. The first-order valence-electron chi connectivity index (χ1n) is 46.6. The van der Waals surface area contributed by atoms with E-state index in [0.717, 1.165) is 123 Å². The maximum absolute atomic E-state index is 8.03. The van der Waals surface area contributed by atoms with E-state index < -0.39 is 0 Å². The van der Waals surface area contributed by atoms with Crippen LogP contribution in [-0.2, 0) is 48.7 Å². The van der Waals surface area contributed by atoms with Gasteiger partial charge in [0.1, 0.15) is 0 Å². The van der Waals surface area contributed by atoms with Crippen LogP contribution >= 0.6 is 0 Å². The molecule has 5 aromatic heterocycles. The van der Waals surface area contributed by atoms with Gasteiger partial charge in [-0.1, -0.05) is 308 Å². The van der Waals surface area contributed by atoms with Crippen LogP contribution in [0.25, 0.3) is 137 Å². The van der Waals surface area contributed by atoms with E-state index in [9.17, 15) is 0 Å².